The van der Waals surface area contributed by atoms with Crippen LogP contribution >= 0.6 is 0 Å². The van der Waals surface area contributed by atoms with E-state index >= 15 is 0 Å². The number of ether oxygens (including phenoxy) is 3. The van der Waals surface area contributed by atoms with Gasteiger partial charge in [0.05, 0.1) is 6.61 Å². The lowest BCUT2D eigenvalue weighted by Gasteiger charge is -2.18. The number of rotatable bonds is 45. The number of carbonyl (C=O) groups excluding carboxylic acids is 2. The first-order valence-electron chi connectivity index (χ1n) is 24.8. The van der Waals surface area contributed by atoms with Crippen LogP contribution in [0.5, 0.6) is 0 Å². The average Bonchev–Trinajstić information content (AvgIpc) is 3.22. The van der Waals surface area contributed by atoms with Crippen molar-refractivity contribution < 1.29 is 23.8 Å². The summed E-state index contributed by atoms with van der Waals surface area (Å²) in [6.45, 7) is 7.69. The Kier molecular flexibility index (Phi) is 46.9. The summed E-state index contributed by atoms with van der Waals surface area (Å²) in [4.78, 5) is 25.3. The van der Waals surface area contributed by atoms with E-state index in [-0.39, 0.29) is 25.2 Å². The van der Waals surface area contributed by atoms with Crippen molar-refractivity contribution in [2.24, 2.45) is 0 Å². The van der Waals surface area contributed by atoms with Crippen LogP contribution in [0.4, 0.5) is 0 Å². The largest absolute Gasteiger partial charge is 0.462 e. The molecule has 0 bridgehead atoms. The maximum atomic E-state index is 12.7. The number of hydrogen-bond donors (Lipinski definition) is 0. The Balaban J connectivity index is 4.24. The molecule has 0 aliphatic carbocycles. The zero-order valence-electron chi connectivity index (χ0n) is 38.6. The Morgan fingerprint density at radius 2 is 0.776 bits per heavy atom. The average molecular weight is 811 g/mol. The molecule has 0 aliphatic rings. The van der Waals surface area contributed by atoms with E-state index in [1.807, 2.05) is 0 Å². The lowest BCUT2D eigenvalue weighted by molar-refractivity contribution is -0.163. The molecule has 0 aromatic carbocycles. The quantitative estimate of drug-likeness (QED) is 0.0348. The number of carbonyl (C=O) groups is 2. The summed E-state index contributed by atoms with van der Waals surface area (Å²) in [5, 5.41) is 0. The lowest BCUT2D eigenvalue weighted by Crippen LogP contribution is -2.30. The van der Waals surface area contributed by atoms with Crippen LogP contribution < -0.4 is 0 Å². The second-order valence-corrected chi connectivity index (χ2v) is 16.3. The van der Waals surface area contributed by atoms with Crippen LogP contribution in [0.2, 0.25) is 0 Å². The molecule has 0 saturated carbocycles. The summed E-state index contributed by atoms with van der Waals surface area (Å²) in [6.07, 6.45) is 60.8. The zero-order valence-corrected chi connectivity index (χ0v) is 38.6. The van der Waals surface area contributed by atoms with Crippen LogP contribution in [0, 0.1) is 0 Å². The maximum absolute atomic E-state index is 12.7. The van der Waals surface area contributed by atoms with Crippen molar-refractivity contribution in [3.05, 3.63) is 60.8 Å². The van der Waals surface area contributed by atoms with Crippen molar-refractivity contribution in [1.82, 2.24) is 0 Å². The molecule has 5 nitrogen and oxygen atoms in total. The summed E-state index contributed by atoms with van der Waals surface area (Å²) in [7, 11) is 0. The second-order valence-electron chi connectivity index (χ2n) is 16.3. The highest BCUT2D eigenvalue weighted by molar-refractivity contribution is 5.70. The first-order valence-corrected chi connectivity index (χ1v) is 24.8. The molecule has 0 aromatic rings. The van der Waals surface area contributed by atoms with Crippen molar-refractivity contribution in [3.8, 4) is 0 Å². The number of esters is 2. The fourth-order valence-electron chi connectivity index (χ4n) is 6.85. The monoisotopic (exact) mass is 811 g/mol. The van der Waals surface area contributed by atoms with Gasteiger partial charge < -0.3 is 14.2 Å². The van der Waals surface area contributed by atoms with Crippen molar-refractivity contribution >= 4 is 11.9 Å². The SMILES string of the molecule is CC/C=C\C/C=C\C/C=C\C/C=C\CCCCCCCCC(=O)OCC(COCCCCCCCCCCCC)OC(=O)CCCCCCC/C=C\CCCCCC. The van der Waals surface area contributed by atoms with Crippen molar-refractivity contribution in [1.29, 1.82) is 0 Å². The summed E-state index contributed by atoms with van der Waals surface area (Å²) < 4.78 is 17.3. The van der Waals surface area contributed by atoms with Gasteiger partial charge in [0.25, 0.3) is 0 Å². The van der Waals surface area contributed by atoms with Gasteiger partial charge in [0.1, 0.15) is 6.61 Å². The van der Waals surface area contributed by atoms with Gasteiger partial charge in [-0.1, -0.05) is 204 Å². The molecule has 336 valence electrons. The molecule has 5 heteroatoms. The first-order chi connectivity index (χ1) is 28.6. The van der Waals surface area contributed by atoms with E-state index in [1.54, 1.807) is 0 Å². The van der Waals surface area contributed by atoms with Gasteiger partial charge in [-0.3, -0.25) is 9.59 Å². The molecule has 58 heavy (non-hydrogen) atoms. The van der Waals surface area contributed by atoms with Crippen molar-refractivity contribution in [2.45, 2.75) is 245 Å². The van der Waals surface area contributed by atoms with Gasteiger partial charge in [0.2, 0.25) is 0 Å². The van der Waals surface area contributed by atoms with Crippen LogP contribution in [0.25, 0.3) is 0 Å². The fraction of sp³-hybridized carbons (Fsp3) is 0.774. The summed E-state index contributed by atoms with van der Waals surface area (Å²) >= 11 is 0. The number of hydrogen-bond acceptors (Lipinski definition) is 5. The Labute approximate surface area is 360 Å². The smallest absolute Gasteiger partial charge is 0.306 e. The highest BCUT2D eigenvalue weighted by Gasteiger charge is 2.17. The maximum Gasteiger partial charge on any atom is 0.306 e. The van der Waals surface area contributed by atoms with Gasteiger partial charge in [-0.2, -0.15) is 0 Å². The predicted molar refractivity (Wildman–Crippen MR) is 251 cm³/mol. The third-order valence-electron chi connectivity index (χ3n) is 10.5. The fourth-order valence-corrected chi connectivity index (χ4v) is 6.85. The third-order valence-corrected chi connectivity index (χ3v) is 10.5. The summed E-state index contributed by atoms with van der Waals surface area (Å²) in [5.41, 5.74) is 0. The highest BCUT2D eigenvalue weighted by atomic mass is 16.6. The predicted octanol–water partition coefficient (Wildman–Crippen LogP) is 16.6. The summed E-state index contributed by atoms with van der Waals surface area (Å²) in [5.74, 6) is -0.419. The van der Waals surface area contributed by atoms with E-state index in [2.05, 4.69) is 81.5 Å². The third kappa shape index (κ3) is 46.3. The minimum Gasteiger partial charge on any atom is -0.462 e. The van der Waals surface area contributed by atoms with Crippen LogP contribution in [-0.4, -0.2) is 37.9 Å². The van der Waals surface area contributed by atoms with Crippen LogP contribution in [0.15, 0.2) is 60.8 Å². The highest BCUT2D eigenvalue weighted by Crippen LogP contribution is 2.14. The second kappa shape index (κ2) is 49.0. The number of allylic oxidation sites excluding steroid dienone is 10. The molecule has 1 unspecified atom stereocenters. The molecule has 0 aliphatic heterocycles. The van der Waals surface area contributed by atoms with Crippen LogP contribution in [0.3, 0.4) is 0 Å². The molecule has 0 aromatic heterocycles. The molecule has 0 amide bonds. The molecule has 0 spiro atoms. The minimum absolute atomic E-state index is 0.0754. The molecule has 0 N–H and O–H groups in total. The van der Waals surface area contributed by atoms with Crippen LogP contribution in [-0.2, 0) is 23.8 Å². The minimum atomic E-state index is -0.543. The number of unbranched alkanes of at least 4 members (excludes halogenated alkanes) is 24. The molecular weight excluding hydrogens is 717 g/mol. The normalized spacial score (nSPS) is 12.7. The van der Waals surface area contributed by atoms with Gasteiger partial charge in [0, 0.05) is 19.4 Å². The molecular formula is C53H94O5. The van der Waals surface area contributed by atoms with Gasteiger partial charge in [-0.15, -0.1) is 0 Å². The van der Waals surface area contributed by atoms with Crippen LogP contribution in [0.1, 0.15) is 239 Å². The Morgan fingerprint density at radius 3 is 1.28 bits per heavy atom. The Bertz CT molecular complexity index is 1010. The molecule has 0 rings (SSSR count). The molecule has 0 heterocycles. The first kappa shape index (κ1) is 55.6. The van der Waals surface area contributed by atoms with Gasteiger partial charge >= 0.3 is 11.9 Å². The van der Waals surface area contributed by atoms with Gasteiger partial charge in [0.15, 0.2) is 6.10 Å². The lowest BCUT2D eigenvalue weighted by atomic mass is 10.1. The van der Waals surface area contributed by atoms with Gasteiger partial charge in [-0.05, 0) is 83.5 Å². The van der Waals surface area contributed by atoms with E-state index in [1.165, 1.54) is 116 Å². The Morgan fingerprint density at radius 1 is 0.397 bits per heavy atom. The summed E-state index contributed by atoms with van der Waals surface area (Å²) in [6, 6.07) is 0. The van der Waals surface area contributed by atoms with Crippen molar-refractivity contribution in [2.75, 3.05) is 19.8 Å². The van der Waals surface area contributed by atoms with E-state index in [9.17, 15) is 9.59 Å². The molecule has 0 fully saturated rings. The standard InChI is InChI=1S/C53H94O5/c1-4-7-10-13-16-19-22-24-25-26-27-28-29-31-32-34-37-40-43-46-52(54)57-50-51(49-56-48-45-42-39-36-21-18-15-12-9-6-3)58-53(55)47-44-41-38-35-33-30-23-20-17-14-11-8-5-2/h7,10,16,19-20,23-25,27-28,51H,4-6,8-9,11-15,17-18,21-22,26,29-50H2,1-3H3/b10-7-,19-16-,23-20-,25-24-,28-27-. The zero-order chi connectivity index (χ0) is 42.1. The molecule has 1 atom stereocenters. The van der Waals surface area contributed by atoms with E-state index in [0.29, 0.717) is 19.4 Å². The van der Waals surface area contributed by atoms with E-state index < -0.39 is 6.10 Å². The van der Waals surface area contributed by atoms with Gasteiger partial charge in [-0.25, -0.2) is 0 Å². The molecule has 0 saturated heterocycles. The topological polar surface area (TPSA) is 61.8 Å². The van der Waals surface area contributed by atoms with Crippen molar-refractivity contribution in [3.63, 3.8) is 0 Å². The van der Waals surface area contributed by atoms with E-state index in [0.717, 1.165) is 89.9 Å². The van der Waals surface area contributed by atoms with E-state index in [4.69, 9.17) is 14.2 Å². The Hall–Kier alpha value is -2.40. The molecule has 0 radical (unpaired) electrons.